The zero-order valence-corrected chi connectivity index (χ0v) is 12.9. The van der Waals surface area contributed by atoms with Crippen molar-refractivity contribution in [2.24, 2.45) is 5.73 Å². The molecule has 110 valence electrons. The van der Waals surface area contributed by atoms with Crippen molar-refractivity contribution in [3.63, 3.8) is 0 Å². The van der Waals surface area contributed by atoms with Crippen LogP contribution in [0.15, 0.2) is 17.2 Å². The molecule has 0 spiro atoms. The lowest BCUT2D eigenvalue weighted by Crippen LogP contribution is -2.31. The zero-order chi connectivity index (χ0) is 14.6. The second-order valence-electron chi connectivity index (χ2n) is 5.07. The van der Waals surface area contributed by atoms with E-state index in [2.05, 4.69) is 4.72 Å². The van der Waals surface area contributed by atoms with Gasteiger partial charge in [0.25, 0.3) is 0 Å². The number of rotatable bonds is 7. The lowest BCUT2D eigenvalue weighted by atomic mass is 10.3. The predicted molar refractivity (Wildman–Crippen MR) is 76.5 cm³/mol. The Hall–Kier alpha value is -0.890. The van der Waals surface area contributed by atoms with Gasteiger partial charge in [-0.05, 0) is 34.0 Å². The lowest BCUT2D eigenvalue weighted by molar-refractivity contribution is 0.412. The molecular formula is C12H24N4O2S. The largest absolute Gasteiger partial charge is 0.346 e. The van der Waals surface area contributed by atoms with E-state index >= 15 is 0 Å². The molecule has 0 bridgehead atoms. The maximum atomic E-state index is 12.1. The van der Waals surface area contributed by atoms with Crippen LogP contribution in [0, 0.1) is 0 Å². The molecule has 0 amide bonds. The summed E-state index contributed by atoms with van der Waals surface area (Å²) in [6.45, 7) is 5.36. The summed E-state index contributed by atoms with van der Waals surface area (Å²) in [6.07, 6.45) is 1.64. The van der Waals surface area contributed by atoms with Crippen LogP contribution in [0.25, 0.3) is 0 Å². The summed E-state index contributed by atoms with van der Waals surface area (Å²) in [5.74, 6) is 0. The molecule has 0 saturated carbocycles. The van der Waals surface area contributed by atoms with Gasteiger partial charge in [0.2, 0.25) is 10.0 Å². The third-order valence-electron chi connectivity index (χ3n) is 2.83. The van der Waals surface area contributed by atoms with E-state index in [9.17, 15) is 8.42 Å². The molecular weight excluding hydrogens is 264 g/mol. The first-order valence-electron chi connectivity index (χ1n) is 6.33. The quantitative estimate of drug-likeness (QED) is 0.759. The second-order valence-corrected chi connectivity index (χ2v) is 6.84. The van der Waals surface area contributed by atoms with Crippen molar-refractivity contribution in [3.05, 3.63) is 18.0 Å². The third kappa shape index (κ3) is 4.31. The summed E-state index contributed by atoms with van der Waals surface area (Å²) < 4.78 is 28.7. The van der Waals surface area contributed by atoms with Crippen LogP contribution in [-0.2, 0) is 16.6 Å². The van der Waals surface area contributed by atoms with E-state index < -0.39 is 10.0 Å². The average Bonchev–Trinajstić information content (AvgIpc) is 2.72. The number of hydrogen-bond acceptors (Lipinski definition) is 4. The number of nitrogens with zero attached hydrogens (tertiary/aromatic N) is 2. The van der Waals surface area contributed by atoms with Crippen LogP contribution in [0.4, 0.5) is 0 Å². The fourth-order valence-corrected chi connectivity index (χ4v) is 2.85. The van der Waals surface area contributed by atoms with Crippen LogP contribution >= 0.6 is 0 Å². The first-order chi connectivity index (χ1) is 8.77. The summed E-state index contributed by atoms with van der Waals surface area (Å²) in [7, 11) is 0.343. The SMILES string of the molecule is CC(C)n1cc(S(=O)(=O)NCCN(C)C)cc1CN. The molecule has 6 nitrogen and oxygen atoms in total. The van der Waals surface area contributed by atoms with Gasteiger partial charge in [-0.1, -0.05) is 0 Å². The van der Waals surface area contributed by atoms with Crippen molar-refractivity contribution in [1.82, 2.24) is 14.2 Å². The van der Waals surface area contributed by atoms with Gasteiger partial charge < -0.3 is 15.2 Å². The molecule has 0 atom stereocenters. The van der Waals surface area contributed by atoms with E-state index in [0.717, 1.165) is 5.69 Å². The van der Waals surface area contributed by atoms with E-state index in [-0.39, 0.29) is 10.9 Å². The van der Waals surface area contributed by atoms with Crippen LogP contribution < -0.4 is 10.5 Å². The van der Waals surface area contributed by atoms with Gasteiger partial charge in [-0.25, -0.2) is 13.1 Å². The van der Waals surface area contributed by atoms with E-state index in [4.69, 9.17) is 5.73 Å². The van der Waals surface area contributed by atoms with Gasteiger partial charge in [0.1, 0.15) is 0 Å². The number of nitrogens with two attached hydrogens (primary N) is 1. The number of hydrogen-bond donors (Lipinski definition) is 2. The standard InChI is InChI=1S/C12H24N4O2S/c1-10(2)16-9-12(7-11(16)8-13)19(17,18)14-5-6-15(3)4/h7,9-10,14H,5-6,8,13H2,1-4H3. The summed E-state index contributed by atoms with van der Waals surface area (Å²) in [5.41, 5.74) is 6.46. The molecule has 0 saturated heterocycles. The van der Waals surface area contributed by atoms with Gasteiger partial charge in [-0.3, -0.25) is 0 Å². The fourth-order valence-electron chi connectivity index (χ4n) is 1.77. The van der Waals surface area contributed by atoms with Crippen LogP contribution in [0.3, 0.4) is 0 Å². The number of likely N-dealkylation sites (N-methyl/N-ethyl adjacent to an activating group) is 1. The van der Waals surface area contributed by atoms with Crippen molar-refractivity contribution < 1.29 is 8.42 Å². The van der Waals surface area contributed by atoms with Crippen molar-refractivity contribution in [1.29, 1.82) is 0 Å². The summed E-state index contributed by atoms with van der Waals surface area (Å²) in [4.78, 5) is 2.20. The number of sulfonamides is 1. The smallest absolute Gasteiger partial charge is 0.242 e. The Morgan fingerprint density at radius 1 is 1.42 bits per heavy atom. The summed E-state index contributed by atoms with van der Waals surface area (Å²) >= 11 is 0. The minimum atomic E-state index is -3.45. The highest BCUT2D eigenvalue weighted by molar-refractivity contribution is 7.89. The Balaban J connectivity index is 2.89. The Bertz CT molecular complexity index is 506. The van der Waals surface area contributed by atoms with Gasteiger partial charge in [-0.15, -0.1) is 0 Å². The maximum Gasteiger partial charge on any atom is 0.242 e. The zero-order valence-electron chi connectivity index (χ0n) is 12.0. The first kappa shape index (κ1) is 16.2. The third-order valence-corrected chi connectivity index (χ3v) is 4.26. The van der Waals surface area contributed by atoms with Crippen molar-refractivity contribution in [2.45, 2.75) is 31.3 Å². The van der Waals surface area contributed by atoms with Gasteiger partial charge in [0.05, 0.1) is 4.90 Å². The maximum absolute atomic E-state index is 12.1. The molecule has 0 aliphatic rings. The Kier molecular flexibility index (Phi) is 5.54. The topological polar surface area (TPSA) is 80.4 Å². The lowest BCUT2D eigenvalue weighted by Gasteiger charge is -2.11. The molecule has 0 fully saturated rings. The molecule has 1 rings (SSSR count). The molecule has 1 heterocycles. The molecule has 0 radical (unpaired) electrons. The fraction of sp³-hybridized carbons (Fsp3) is 0.667. The van der Waals surface area contributed by atoms with Crippen molar-refractivity contribution in [3.8, 4) is 0 Å². The van der Waals surface area contributed by atoms with Crippen LogP contribution in [0.2, 0.25) is 0 Å². The molecule has 7 heteroatoms. The van der Waals surface area contributed by atoms with Gasteiger partial charge in [0.15, 0.2) is 0 Å². The highest BCUT2D eigenvalue weighted by Crippen LogP contribution is 2.18. The molecule has 19 heavy (non-hydrogen) atoms. The van der Waals surface area contributed by atoms with Gasteiger partial charge >= 0.3 is 0 Å². The highest BCUT2D eigenvalue weighted by Gasteiger charge is 2.18. The van der Waals surface area contributed by atoms with Crippen LogP contribution in [0.1, 0.15) is 25.6 Å². The van der Waals surface area contributed by atoms with Crippen molar-refractivity contribution >= 4 is 10.0 Å². The first-order valence-corrected chi connectivity index (χ1v) is 7.81. The minimum absolute atomic E-state index is 0.185. The van der Waals surface area contributed by atoms with E-state index in [0.29, 0.717) is 19.6 Å². The van der Waals surface area contributed by atoms with E-state index in [1.807, 2.05) is 37.4 Å². The molecule has 1 aromatic rings. The second kappa shape index (κ2) is 6.51. The number of aromatic nitrogens is 1. The number of nitrogens with one attached hydrogen (secondary N) is 1. The average molecular weight is 288 g/mol. The normalized spacial score (nSPS) is 12.6. The molecule has 1 aromatic heterocycles. The van der Waals surface area contributed by atoms with Gasteiger partial charge in [-0.2, -0.15) is 0 Å². The Labute approximate surface area is 115 Å². The predicted octanol–water partition coefficient (Wildman–Crippen LogP) is 0.368. The van der Waals surface area contributed by atoms with Crippen LogP contribution in [0.5, 0.6) is 0 Å². The van der Waals surface area contributed by atoms with Gasteiger partial charge in [0, 0.05) is 37.6 Å². The summed E-state index contributed by atoms with van der Waals surface area (Å²) in [6, 6.07) is 1.82. The Morgan fingerprint density at radius 3 is 2.47 bits per heavy atom. The van der Waals surface area contributed by atoms with Crippen molar-refractivity contribution in [2.75, 3.05) is 27.2 Å². The summed E-state index contributed by atoms with van der Waals surface area (Å²) in [5, 5.41) is 0. The molecule has 3 N–H and O–H groups in total. The molecule has 0 aromatic carbocycles. The highest BCUT2D eigenvalue weighted by atomic mass is 32.2. The molecule has 0 unspecified atom stereocenters. The molecule has 0 aliphatic heterocycles. The molecule has 0 aliphatic carbocycles. The monoisotopic (exact) mass is 288 g/mol. The van der Waals surface area contributed by atoms with E-state index in [1.165, 1.54) is 0 Å². The van der Waals surface area contributed by atoms with Crippen LogP contribution in [-0.4, -0.2) is 45.1 Å². The Morgan fingerprint density at radius 2 is 2.05 bits per heavy atom. The van der Waals surface area contributed by atoms with E-state index in [1.54, 1.807) is 12.3 Å². The minimum Gasteiger partial charge on any atom is -0.346 e.